The number of sulfone groups is 1. The van der Waals surface area contributed by atoms with Crippen LogP contribution in [0.4, 0.5) is 5.69 Å². The van der Waals surface area contributed by atoms with E-state index in [1.807, 2.05) is 19.1 Å². The highest BCUT2D eigenvalue weighted by Crippen LogP contribution is 2.38. The Bertz CT molecular complexity index is 1040. The van der Waals surface area contributed by atoms with Gasteiger partial charge in [0.1, 0.15) is 0 Å². The van der Waals surface area contributed by atoms with Crippen molar-refractivity contribution in [3.05, 3.63) is 53.1 Å². The third kappa shape index (κ3) is 5.77. The van der Waals surface area contributed by atoms with Crippen LogP contribution in [0.5, 0.6) is 0 Å². The summed E-state index contributed by atoms with van der Waals surface area (Å²) in [5.74, 6) is -0.734. The standard InChI is InChI=1S/C21H23ClN2O4S2/c1-2-18-21(26)24-17-13-16(7-8-19(17)29-18)30(27,28)12-10-20(25)23-11-9-14-3-5-15(22)6-4-14/h3-8,13,18H,2,9-12H2,1H3,(H,23,25)(H,24,26). The Balaban J connectivity index is 1.53. The Labute approximate surface area is 185 Å². The minimum atomic E-state index is -3.64. The van der Waals surface area contributed by atoms with Crippen molar-refractivity contribution in [2.75, 3.05) is 17.6 Å². The molecule has 30 heavy (non-hydrogen) atoms. The number of rotatable bonds is 8. The summed E-state index contributed by atoms with van der Waals surface area (Å²) in [5, 5.41) is 6.00. The zero-order chi connectivity index (χ0) is 21.7. The maximum atomic E-state index is 12.6. The third-order valence-electron chi connectivity index (χ3n) is 4.75. The Morgan fingerprint density at radius 3 is 2.63 bits per heavy atom. The van der Waals surface area contributed by atoms with E-state index >= 15 is 0 Å². The maximum absolute atomic E-state index is 12.6. The fourth-order valence-corrected chi connectivity index (χ4v) is 5.43. The van der Waals surface area contributed by atoms with Crippen LogP contribution in [0.1, 0.15) is 25.3 Å². The quantitative estimate of drug-likeness (QED) is 0.619. The van der Waals surface area contributed by atoms with Gasteiger partial charge in [0.25, 0.3) is 0 Å². The van der Waals surface area contributed by atoms with Crippen molar-refractivity contribution in [2.45, 2.75) is 41.2 Å². The molecule has 2 amide bonds. The lowest BCUT2D eigenvalue weighted by molar-refractivity contribution is -0.120. The predicted molar refractivity (Wildman–Crippen MR) is 120 cm³/mol. The van der Waals surface area contributed by atoms with Gasteiger partial charge in [0, 0.05) is 22.9 Å². The van der Waals surface area contributed by atoms with Gasteiger partial charge in [0.2, 0.25) is 11.8 Å². The number of carbonyl (C=O) groups is 2. The molecule has 0 fully saturated rings. The highest BCUT2D eigenvalue weighted by Gasteiger charge is 2.27. The molecule has 1 atom stereocenters. The minimum Gasteiger partial charge on any atom is -0.356 e. The van der Waals surface area contributed by atoms with Crippen LogP contribution >= 0.6 is 23.4 Å². The molecule has 2 aromatic carbocycles. The number of thioether (sulfide) groups is 1. The Morgan fingerprint density at radius 2 is 1.93 bits per heavy atom. The van der Waals surface area contributed by atoms with Gasteiger partial charge in [-0.2, -0.15) is 0 Å². The van der Waals surface area contributed by atoms with E-state index in [1.54, 1.807) is 18.2 Å². The van der Waals surface area contributed by atoms with Crippen LogP contribution in [-0.2, 0) is 25.8 Å². The van der Waals surface area contributed by atoms with E-state index in [0.29, 0.717) is 30.1 Å². The first-order valence-corrected chi connectivity index (χ1v) is 12.5. The van der Waals surface area contributed by atoms with Gasteiger partial charge >= 0.3 is 0 Å². The van der Waals surface area contributed by atoms with Crippen LogP contribution in [0, 0.1) is 0 Å². The van der Waals surface area contributed by atoms with Crippen LogP contribution in [-0.4, -0.2) is 37.8 Å². The highest BCUT2D eigenvalue weighted by molar-refractivity contribution is 8.01. The first-order valence-electron chi connectivity index (χ1n) is 9.64. The second-order valence-corrected chi connectivity index (χ2v) is 10.7. The fraction of sp³-hybridized carbons (Fsp3) is 0.333. The molecule has 1 aliphatic rings. The number of nitrogens with one attached hydrogen (secondary N) is 2. The van der Waals surface area contributed by atoms with Crippen LogP contribution in [0.25, 0.3) is 0 Å². The molecular weight excluding hydrogens is 444 g/mol. The molecule has 0 bridgehead atoms. The van der Waals surface area contributed by atoms with Crippen molar-refractivity contribution < 1.29 is 18.0 Å². The zero-order valence-electron chi connectivity index (χ0n) is 16.5. The summed E-state index contributed by atoms with van der Waals surface area (Å²) >= 11 is 7.27. The lowest BCUT2D eigenvalue weighted by Gasteiger charge is -2.23. The molecule has 1 unspecified atom stereocenters. The molecule has 0 saturated heterocycles. The number of hydrogen-bond donors (Lipinski definition) is 2. The van der Waals surface area contributed by atoms with Crippen LogP contribution in [0.3, 0.4) is 0 Å². The predicted octanol–water partition coefficient (Wildman–Crippen LogP) is 3.69. The molecule has 0 saturated carbocycles. The number of fused-ring (bicyclic) bond motifs is 1. The van der Waals surface area contributed by atoms with E-state index < -0.39 is 9.84 Å². The fourth-order valence-electron chi connectivity index (χ4n) is 3.02. The number of amides is 2. The van der Waals surface area contributed by atoms with Gasteiger partial charge in [-0.15, -0.1) is 11.8 Å². The molecule has 0 aliphatic carbocycles. The smallest absolute Gasteiger partial charge is 0.237 e. The van der Waals surface area contributed by atoms with Gasteiger partial charge in [-0.05, 0) is 48.7 Å². The van der Waals surface area contributed by atoms with Gasteiger partial charge in [0.05, 0.1) is 21.6 Å². The van der Waals surface area contributed by atoms with Gasteiger partial charge in [0.15, 0.2) is 9.84 Å². The van der Waals surface area contributed by atoms with Crippen LogP contribution < -0.4 is 10.6 Å². The van der Waals surface area contributed by atoms with Gasteiger partial charge in [-0.1, -0.05) is 30.7 Å². The van der Waals surface area contributed by atoms with Crippen molar-refractivity contribution >= 4 is 50.7 Å². The SMILES string of the molecule is CCC1Sc2ccc(S(=O)(=O)CCC(=O)NCCc3ccc(Cl)cc3)cc2NC1=O. The Kier molecular flexibility index (Phi) is 7.44. The summed E-state index contributed by atoms with van der Waals surface area (Å²) in [4.78, 5) is 25.0. The molecule has 2 aromatic rings. The van der Waals surface area contributed by atoms with E-state index in [4.69, 9.17) is 11.6 Å². The molecule has 1 aliphatic heterocycles. The second kappa shape index (κ2) is 9.85. The van der Waals surface area contributed by atoms with E-state index in [9.17, 15) is 18.0 Å². The highest BCUT2D eigenvalue weighted by atomic mass is 35.5. The molecule has 0 aromatic heterocycles. The number of benzene rings is 2. The summed E-state index contributed by atoms with van der Waals surface area (Å²) in [6.07, 6.45) is 1.21. The summed E-state index contributed by atoms with van der Waals surface area (Å²) in [6.45, 7) is 2.35. The molecular formula is C21H23ClN2O4S2. The summed E-state index contributed by atoms with van der Waals surface area (Å²) < 4.78 is 25.3. The van der Waals surface area contributed by atoms with E-state index in [1.165, 1.54) is 23.9 Å². The summed E-state index contributed by atoms with van der Waals surface area (Å²) in [6, 6.07) is 12.1. The molecule has 2 N–H and O–H groups in total. The van der Waals surface area contributed by atoms with Crippen molar-refractivity contribution in [1.29, 1.82) is 0 Å². The number of anilines is 1. The largest absolute Gasteiger partial charge is 0.356 e. The molecule has 1 heterocycles. The lowest BCUT2D eigenvalue weighted by Crippen LogP contribution is -2.29. The van der Waals surface area contributed by atoms with E-state index in [0.717, 1.165) is 10.5 Å². The van der Waals surface area contributed by atoms with Gasteiger partial charge in [-0.25, -0.2) is 8.42 Å². The molecule has 6 nitrogen and oxygen atoms in total. The summed E-state index contributed by atoms with van der Waals surface area (Å²) in [7, 11) is -3.64. The Hall–Kier alpha value is -2.03. The topological polar surface area (TPSA) is 92.3 Å². The molecule has 0 spiro atoms. The summed E-state index contributed by atoms with van der Waals surface area (Å²) in [5.41, 5.74) is 1.54. The van der Waals surface area contributed by atoms with Crippen molar-refractivity contribution in [2.24, 2.45) is 0 Å². The average molecular weight is 467 g/mol. The van der Waals surface area contributed by atoms with Gasteiger partial charge in [-0.3, -0.25) is 9.59 Å². The van der Waals surface area contributed by atoms with Crippen molar-refractivity contribution in [3.63, 3.8) is 0 Å². The monoisotopic (exact) mass is 466 g/mol. The lowest BCUT2D eigenvalue weighted by atomic mass is 10.1. The number of hydrogen-bond acceptors (Lipinski definition) is 5. The first-order chi connectivity index (χ1) is 14.3. The molecule has 9 heteroatoms. The molecule has 160 valence electrons. The zero-order valence-corrected chi connectivity index (χ0v) is 18.9. The van der Waals surface area contributed by atoms with E-state index in [2.05, 4.69) is 10.6 Å². The van der Waals surface area contributed by atoms with Crippen LogP contribution in [0.15, 0.2) is 52.3 Å². The number of carbonyl (C=O) groups excluding carboxylic acids is 2. The van der Waals surface area contributed by atoms with Crippen molar-refractivity contribution in [3.8, 4) is 0 Å². The third-order valence-corrected chi connectivity index (χ3v) is 8.16. The van der Waals surface area contributed by atoms with E-state index in [-0.39, 0.29) is 34.1 Å². The van der Waals surface area contributed by atoms with Crippen LogP contribution in [0.2, 0.25) is 5.02 Å². The average Bonchev–Trinajstić information content (AvgIpc) is 2.73. The van der Waals surface area contributed by atoms with Gasteiger partial charge < -0.3 is 10.6 Å². The maximum Gasteiger partial charge on any atom is 0.237 e. The van der Waals surface area contributed by atoms with Crippen molar-refractivity contribution in [1.82, 2.24) is 5.32 Å². The normalized spacial score (nSPS) is 15.9. The second-order valence-electron chi connectivity index (χ2n) is 6.96. The minimum absolute atomic E-state index is 0.103. The first kappa shape index (κ1) is 22.7. The molecule has 3 rings (SSSR count). The molecule has 0 radical (unpaired) electrons. The Morgan fingerprint density at radius 1 is 1.20 bits per heavy atom. The number of halogens is 1.